The zero-order valence-electron chi connectivity index (χ0n) is 13.3. The number of imidazole rings is 1. The molecule has 4 rings (SSSR count). The van der Waals surface area contributed by atoms with Crippen molar-refractivity contribution in [3.8, 4) is 0 Å². The van der Waals surface area contributed by atoms with Crippen LogP contribution in [0.5, 0.6) is 0 Å². The predicted octanol–water partition coefficient (Wildman–Crippen LogP) is 3.41. The topological polar surface area (TPSA) is 46.6 Å². The molecule has 0 saturated carbocycles. The van der Waals surface area contributed by atoms with Crippen molar-refractivity contribution in [1.82, 2.24) is 14.1 Å². The molecule has 4 aromatic rings. The highest BCUT2D eigenvalue weighted by molar-refractivity contribution is 5.76. The fraction of sp³-hybridized carbons (Fsp3) is 0.100. The fourth-order valence-corrected chi connectivity index (χ4v) is 3.05. The standard InChI is InChI=1S/C20H18N4/c21-20-23(14-16-6-2-1-3-7-16)18-8-4-5-9-19(18)24(20)15-17-10-12-22-13-11-17/h1-13,21H,14-15H2. The van der Waals surface area contributed by atoms with Crippen molar-refractivity contribution in [3.63, 3.8) is 0 Å². The Morgan fingerprint density at radius 3 is 1.75 bits per heavy atom. The molecule has 1 N–H and O–H groups in total. The Bertz CT molecular complexity index is 932. The maximum atomic E-state index is 8.68. The number of fused-ring (bicyclic) bond motifs is 1. The van der Waals surface area contributed by atoms with Crippen molar-refractivity contribution < 1.29 is 0 Å². The molecule has 2 aromatic heterocycles. The number of hydrogen-bond donors (Lipinski definition) is 1. The molecule has 2 heterocycles. The van der Waals surface area contributed by atoms with Gasteiger partial charge in [-0.05, 0) is 35.4 Å². The lowest BCUT2D eigenvalue weighted by Crippen LogP contribution is -2.25. The summed E-state index contributed by atoms with van der Waals surface area (Å²) in [6, 6.07) is 22.5. The van der Waals surface area contributed by atoms with Crippen LogP contribution in [-0.4, -0.2) is 14.1 Å². The molecule has 0 bridgehead atoms. The molecule has 24 heavy (non-hydrogen) atoms. The minimum atomic E-state index is 0.511. The van der Waals surface area contributed by atoms with Gasteiger partial charge in [-0.1, -0.05) is 42.5 Å². The van der Waals surface area contributed by atoms with Crippen LogP contribution < -0.4 is 5.62 Å². The zero-order chi connectivity index (χ0) is 16.4. The Labute approximate surface area is 140 Å². The van der Waals surface area contributed by atoms with Crippen LogP contribution in [0, 0.1) is 5.41 Å². The number of para-hydroxylation sites is 2. The molecule has 0 atom stereocenters. The summed E-state index contributed by atoms with van der Waals surface area (Å²) >= 11 is 0. The molecule has 118 valence electrons. The molecule has 0 saturated heterocycles. The van der Waals surface area contributed by atoms with E-state index in [0.717, 1.165) is 16.6 Å². The number of pyridine rings is 1. The molecule has 0 radical (unpaired) electrons. The number of nitrogens with zero attached hydrogens (tertiary/aromatic N) is 3. The third-order valence-electron chi connectivity index (χ3n) is 4.25. The molecule has 0 aliphatic rings. The minimum Gasteiger partial charge on any atom is -0.306 e. The largest absolute Gasteiger partial charge is 0.306 e. The van der Waals surface area contributed by atoms with Gasteiger partial charge in [-0.15, -0.1) is 0 Å². The summed E-state index contributed by atoms with van der Waals surface area (Å²) in [5, 5.41) is 8.68. The van der Waals surface area contributed by atoms with Gasteiger partial charge in [-0.2, -0.15) is 0 Å². The van der Waals surface area contributed by atoms with Crippen molar-refractivity contribution >= 4 is 11.0 Å². The van der Waals surface area contributed by atoms with Crippen LogP contribution in [-0.2, 0) is 13.1 Å². The van der Waals surface area contributed by atoms with Gasteiger partial charge in [0.2, 0.25) is 5.62 Å². The van der Waals surface area contributed by atoms with Gasteiger partial charge >= 0.3 is 0 Å². The van der Waals surface area contributed by atoms with E-state index in [9.17, 15) is 0 Å². The second-order valence-electron chi connectivity index (χ2n) is 5.83. The number of nitrogens with one attached hydrogen (secondary N) is 1. The highest BCUT2D eigenvalue weighted by atomic mass is 15.2. The maximum absolute atomic E-state index is 8.68. The maximum Gasteiger partial charge on any atom is 0.203 e. The summed E-state index contributed by atoms with van der Waals surface area (Å²) < 4.78 is 4.11. The summed E-state index contributed by atoms with van der Waals surface area (Å²) in [5.74, 6) is 0. The Morgan fingerprint density at radius 2 is 1.17 bits per heavy atom. The number of hydrogen-bond acceptors (Lipinski definition) is 2. The summed E-state index contributed by atoms with van der Waals surface area (Å²) in [5.41, 5.74) is 5.02. The Balaban J connectivity index is 1.83. The molecule has 0 aliphatic heterocycles. The number of benzene rings is 2. The molecule has 0 spiro atoms. The molecule has 4 heteroatoms. The normalized spacial score (nSPS) is 11.0. The lowest BCUT2D eigenvalue weighted by atomic mass is 10.2. The van der Waals surface area contributed by atoms with E-state index in [1.165, 1.54) is 5.56 Å². The van der Waals surface area contributed by atoms with Crippen LogP contribution in [0.4, 0.5) is 0 Å². The molecule has 0 amide bonds. The highest BCUT2D eigenvalue weighted by Gasteiger charge is 2.11. The summed E-state index contributed by atoms with van der Waals surface area (Å²) in [4.78, 5) is 4.07. The minimum absolute atomic E-state index is 0.511. The molecular formula is C20H18N4. The Kier molecular flexibility index (Phi) is 3.71. The summed E-state index contributed by atoms with van der Waals surface area (Å²) in [7, 11) is 0. The van der Waals surface area contributed by atoms with Gasteiger partial charge in [-0.25, -0.2) is 0 Å². The van der Waals surface area contributed by atoms with Crippen LogP contribution in [0.25, 0.3) is 11.0 Å². The van der Waals surface area contributed by atoms with E-state index in [4.69, 9.17) is 5.41 Å². The van der Waals surface area contributed by atoms with Crippen LogP contribution in [0.15, 0.2) is 79.1 Å². The van der Waals surface area contributed by atoms with Crippen LogP contribution in [0.2, 0.25) is 0 Å². The average Bonchev–Trinajstić information content (AvgIpc) is 2.90. The molecule has 2 aromatic carbocycles. The second kappa shape index (κ2) is 6.16. The molecular weight excluding hydrogens is 296 g/mol. The van der Waals surface area contributed by atoms with E-state index in [-0.39, 0.29) is 0 Å². The first kappa shape index (κ1) is 14.5. The van der Waals surface area contributed by atoms with Crippen molar-refractivity contribution in [2.45, 2.75) is 13.1 Å². The second-order valence-corrected chi connectivity index (χ2v) is 5.83. The smallest absolute Gasteiger partial charge is 0.203 e. The van der Waals surface area contributed by atoms with Crippen LogP contribution in [0.1, 0.15) is 11.1 Å². The first-order valence-electron chi connectivity index (χ1n) is 7.98. The highest BCUT2D eigenvalue weighted by Crippen LogP contribution is 2.15. The van der Waals surface area contributed by atoms with Crippen molar-refractivity contribution in [3.05, 3.63) is 95.9 Å². The lowest BCUT2D eigenvalue weighted by molar-refractivity contribution is 0.663. The van der Waals surface area contributed by atoms with Gasteiger partial charge in [0, 0.05) is 12.4 Å². The van der Waals surface area contributed by atoms with Gasteiger partial charge < -0.3 is 9.13 Å². The molecule has 0 fully saturated rings. The van der Waals surface area contributed by atoms with E-state index < -0.39 is 0 Å². The summed E-state index contributed by atoms with van der Waals surface area (Å²) in [6.45, 7) is 1.37. The lowest BCUT2D eigenvalue weighted by Gasteiger charge is -2.05. The van der Waals surface area contributed by atoms with Crippen LogP contribution >= 0.6 is 0 Å². The third kappa shape index (κ3) is 2.63. The van der Waals surface area contributed by atoms with Crippen molar-refractivity contribution in [2.75, 3.05) is 0 Å². The van der Waals surface area contributed by atoms with E-state index >= 15 is 0 Å². The fourth-order valence-electron chi connectivity index (χ4n) is 3.05. The van der Waals surface area contributed by atoms with Crippen molar-refractivity contribution in [1.29, 1.82) is 5.41 Å². The molecule has 0 unspecified atom stereocenters. The average molecular weight is 314 g/mol. The van der Waals surface area contributed by atoms with Gasteiger partial charge in [0.1, 0.15) is 0 Å². The zero-order valence-corrected chi connectivity index (χ0v) is 13.3. The van der Waals surface area contributed by atoms with E-state index in [1.54, 1.807) is 12.4 Å². The van der Waals surface area contributed by atoms with E-state index in [0.29, 0.717) is 18.7 Å². The predicted molar refractivity (Wildman–Crippen MR) is 94.7 cm³/mol. The van der Waals surface area contributed by atoms with Crippen molar-refractivity contribution in [2.24, 2.45) is 0 Å². The SMILES string of the molecule is N=c1n(Cc2ccccc2)c2ccccc2n1Cc1ccncc1. The number of rotatable bonds is 4. The van der Waals surface area contributed by atoms with E-state index in [2.05, 4.69) is 33.8 Å². The first-order chi connectivity index (χ1) is 11.8. The van der Waals surface area contributed by atoms with E-state index in [1.807, 2.05) is 47.0 Å². The monoisotopic (exact) mass is 314 g/mol. The van der Waals surface area contributed by atoms with Gasteiger partial charge in [0.25, 0.3) is 0 Å². The molecule has 0 aliphatic carbocycles. The number of aromatic nitrogens is 3. The summed E-state index contributed by atoms with van der Waals surface area (Å²) in [6.07, 6.45) is 3.59. The quantitative estimate of drug-likeness (QED) is 0.616. The molecule has 4 nitrogen and oxygen atoms in total. The van der Waals surface area contributed by atoms with Gasteiger partial charge in [-0.3, -0.25) is 10.4 Å². The van der Waals surface area contributed by atoms with Gasteiger partial charge in [0.05, 0.1) is 24.1 Å². The Hall–Kier alpha value is -3.14. The van der Waals surface area contributed by atoms with Crippen LogP contribution in [0.3, 0.4) is 0 Å². The third-order valence-corrected chi connectivity index (χ3v) is 4.25. The first-order valence-corrected chi connectivity index (χ1v) is 7.98. The van der Waals surface area contributed by atoms with Gasteiger partial charge in [0.15, 0.2) is 0 Å². The Morgan fingerprint density at radius 1 is 0.667 bits per heavy atom.